The van der Waals surface area contributed by atoms with Gasteiger partial charge in [-0.25, -0.2) is 4.90 Å². The minimum atomic E-state index is 0.707. The minimum Gasteiger partial charge on any atom is -0.312 e. The molecular formula is C12H27N2+. The third kappa shape index (κ3) is 2.48. The monoisotopic (exact) mass is 199 g/mol. The number of quaternary nitrogens is 1. The maximum atomic E-state index is 2.69. The van der Waals surface area contributed by atoms with Crippen LogP contribution in [0.1, 0.15) is 40.5 Å². The van der Waals surface area contributed by atoms with Crippen LogP contribution in [0.2, 0.25) is 0 Å². The quantitative estimate of drug-likeness (QED) is 0.628. The van der Waals surface area contributed by atoms with E-state index < -0.39 is 0 Å². The second-order valence-electron chi connectivity index (χ2n) is 5.31. The molecule has 0 aliphatic carbocycles. The van der Waals surface area contributed by atoms with E-state index in [1.54, 1.807) is 0 Å². The van der Waals surface area contributed by atoms with Crippen molar-refractivity contribution in [3.8, 4) is 0 Å². The van der Waals surface area contributed by atoms with Gasteiger partial charge in [0.1, 0.15) is 6.67 Å². The van der Waals surface area contributed by atoms with Gasteiger partial charge in [-0.15, -0.1) is 0 Å². The SMILES string of the molecule is CCCC1C[N@@+](C)(CC)CN1C(C)C. The highest BCUT2D eigenvalue weighted by Gasteiger charge is 2.39. The molecule has 2 atom stereocenters. The predicted molar refractivity (Wildman–Crippen MR) is 62.1 cm³/mol. The lowest BCUT2D eigenvalue weighted by Gasteiger charge is -2.28. The van der Waals surface area contributed by atoms with Crippen molar-refractivity contribution >= 4 is 0 Å². The highest BCUT2D eigenvalue weighted by Crippen LogP contribution is 2.24. The second-order valence-corrected chi connectivity index (χ2v) is 5.31. The van der Waals surface area contributed by atoms with Crippen LogP contribution in [0.3, 0.4) is 0 Å². The van der Waals surface area contributed by atoms with Crippen LogP contribution in [0.25, 0.3) is 0 Å². The van der Waals surface area contributed by atoms with E-state index in [0.717, 1.165) is 6.04 Å². The van der Waals surface area contributed by atoms with E-state index in [9.17, 15) is 0 Å². The average molecular weight is 199 g/mol. The molecule has 0 aromatic carbocycles. The Kier molecular flexibility index (Phi) is 3.96. The number of rotatable bonds is 4. The summed E-state index contributed by atoms with van der Waals surface area (Å²) in [4.78, 5) is 2.69. The van der Waals surface area contributed by atoms with Crippen molar-refractivity contribution in [1.82, 2.24) is 4.90 Å². The summed E-state index contributed by atoms with van der Waals surface area (Å²) in [7, 11) is 2.39. The molecule has 2 heteroatoms. The molecule has 1 heterocycles. The van der Waals surface area contributed by atoms with Gasteiger partial charge >= 0.3 is 0 Å². The minimum absolute atomic E-state index is 0.707. The zero-order valence-corrected chi connectivity index (χ0v) is 10.6. The Morgan fingerprint density at radius 1 is 1.36 bits per heavy atom. The third-order valence-electron chi connectivity index (χ3n) is 3.67. The maximum Gasteiger partial charge on any atom is 0.135 e. The van der Waals surface area contributed by atoms with Crippen LogP contribution < -0.4 is 0 Å². The first-order valence-corrected chi connectivity index (χ1v) is 6.11. The molecule has 1 fully saturated rings. The molecule has 0 aromatic rings. The molecule has 0 aromatic heterocycles. The summed E-state index contributed by atoms with van der Waals surface area (Å²) in [6, 6.07) is 1.53. The van der Waals surface area contributed by atoms with E-state index in [4.69, 9.17) is 0 Å². The van der Waals surface area contributed by atoms with E-state index in [2.05, 4.69) is 39.6 Å². The molecule has 1 rings (SSSR count). The lowest BCUT2D eigenvalue weighted by atomic mass is 10.1. The summed E-state index contributed by atoms with van der Waals surface area (Å²) in [6.45, 7) is 13.1. The van der Waals surface area contributed by atoms with Crippen LogP contribution in [-0.4, -0.2) is 48.3 Å². The van der Waals surface area contributed by atoms with E-state index in [1.807, 2.05) is 0 Å². The standard InChI is InChI=1S/C12H27N2/c1-6-8-12-9-14(5,7-2)10-13(12)11(3)4/h11-12H,6-10H2,1-5H3/q+1/t12?,14-/m1/s1. The largest absolute Gasteiger partial charge is 0.312 e. The van der Waals surface area contributed by atoms with Crippen molar-refractivity contribution in [1.29, 1.82) is 0 Å². The summed E-state index contributed by atoms with van der Waals surface area (Å²) >= 11 is 0. The first-order chi connectivity index (χ1) is 6.52. The molecule has 84 valence electrons. The van der Waals surface area contributed by atoms with E-state index in [0.29, 0.717) is 6.04 Å². The number of nitrogens with zero attached hydrogens (tertiary/aromatic N) is 2. The van der Waals surface area contributed by atoms with Crippen molar-refractivity contribution in [2.45, 2.75) is 52.6 Å². The Hall–Kier alpha value is -0.0800. The van der Waals surface area contributed by atoms with Gasteiger partial charge in [-0.1, -0.05) is 13.3 Å². The maximum absolute atomic E-state index is 2.69. The van der Waals surface area contributed by atoms with Gasteiger partial charge < -0.3 is 4.48 Å². The normalized spacial score (nSPS) is 34.3. The van der Waals surface area contributed by atoms with Gasteiger partial charge in [0, 0.05) is 6.04 Å². The van der Waals surface area contributed by atoms with Crippen LogP contribution >= 0.6 is 0 Å². The molecule has 0 saturated carbocycles. The first kappa shape index (κ1) is 12.0. The van der Waals surface area contributed by atoms with Gasteiger partial charge in [0.05, 0.1) is 26.2 Å². The molecule has 0 bridgehead atoms. The molecule has 0 N–H and O–H groups in total. The van der Waals surface area contributed by atoms with Crippen molar-refractivity contribution in [3.05, 3.63) is 0 Å². The van der Waals surface area contributed by atoms with Gasteiger partial charge in [-0.2, -0.15) is 0 Å². The summed E-state index contributed by atoms with van der Waals surface area (Å²) in [6.07, 6.45) is 2.68. The Bertz CT molecular complexity index is 179. The fourth-order valence-corrected chi connectivity index (χ4v) is 2.59. The molecule has 1 aliphatic heterocycles. The van der Waals surface area contributed by atoms with Gasteiger partial charge in [0.2, 0.25) is 0 Å². The topological polar surface area (TPSA) is 3.24 Å². The highest BCUT2D eigenvalue weighted by molar-refractivity contribution is 4.77. The fourth-order valence-electron chi connectivity index (χ4n) is 2.59. The molecular weight excluding hydrogens is 172 g/mol. The Morgan fingerprint density at radius 2 is 2.00 bits per heavy atom. The van der Waals surface area contributed by atoms with Crippen LogP contribution in [0.5, 0.6) is 0 Å². The van der Waals surface area contributed by atoms with Crippen molar-refractivity contribution in [2.24, 2.45) is 0 Å². The molecule has 0 spiro atoms. The first-order valence-electron chi connectivity index (χ1n) is 6.11. The second kappa shape index (κ2) is 4.63. The Balaban J connectivity index is 2.64. The van der Waals surface area contributed by atoms with Gasteiger partial charge in [0.15, 0.2) is 0 Å². The van der Waals surface area contributed by atoms with Gasteiger partial charge in [0.25, 0.3) is 0 Å². The van der Waals surface area contributed by atoms with Crippen LogP contribution in [0, 0.1) is 0 Å². The molecule has 0 radical (unpaired) electrons. The van der Waals surface area contributed by atoms with E-state index in [-0.39, 0.29) is 0 Å². The zero-order chi connectivity index (χ0) is 10.8. The lowest BCUT2D eigenvalue weighted by Crippen LogP contribution is -2.43. The van der Waals surface area contributed by atoms with Gasteiger partial charge in [-0.05, 0) is 27.2 Å². The van der Waals surface area contributed by atoms with Crippen LogP contribution in [0.4, 0.5) is 0 Å². The summed E-state index contributed by atoms with van der Waals surface area (Å²) < 4.78 is 1.24. The zero-order valence-electron chi connectivity index (χ0n) is 10.6. The molecule has 0 amide bonds. The van der Waals surface area contributed by atoms with Crippen LogP contribution in [-0.2, 0) is 0 Å². The smallest absolute Gasteiger partial charge is 0.135 e. The fraction of sp³-hybridized carbons (Fsp3) is 1.00. The van der Waals surface area contributed by atoms with Gasteiger partial charge in [-0.3, -0.25) is 0 Å². The number of likely N-dealkylation sites (N-methyl/N-ethyl adjacent to an activating group) is 1. The average Bonchev–Trinajstić information content (AvgIpc) is 2.45. The van der Waals surface area contributed by atoms with E-state index >= 15 is 0 Å². The Labute approximate surface area is 89.5 Å². The molecule has 1 aliphatic rings. The van der Waals surface area contributed by atoms with Crippen molar-refractivity contribution in [3.63, 3.8) is 0 Å². The molecule has 1 unspecified atom stereocenters. The number of hydrogen-bond acceptors (Lipinski definition) is 1. The number of hydrogen-bond donors (Lipinski definition) is 0. The lowest BCUT2D eigenvalue weighted by molar-refractivity contribution is -0.901. The molecule has 14 heavy (non-hydrogen) atoms. The summed E-state index contributed by atoms with van der Waals surface area (Å²) in [5.74, 6) is 0. The van der Waals surface area contributed by atoms with Crippen molar-refractivity contribution in [2.75, 3.05) is 26.8 Å². The molecule has 2 nitrogen and oxygen atoms in total. The van der Waals surface area contributed by atoms with Crippen molar-refractivity contribution < 1.29 is 4.48 Å². The summed E-state index contributed by atoms with van der Waals surface area (Å²) in [5.41, 5.74) is 0. The Morgan fingerprint density at radius 3 is 2.43 bits per heavy atom. The van der Waals surface area contributed by atoms with Crippen LogP contribution in [0.15, 0.2) is 0 Å². The summed E-state index contributed by atoms with van der Waals surface area (Å²) in [5, 5.41) is 0. The third-order valence-corrected chi connectivity index (χ3v) is 3.67. The van der Waals surface area contributed by atoms with E-state index in [1.165, 1.54) is 37.1 Å². The molecule has 1 saturated heterocycles. The predicted octanol–water partition coefficient (Wildman–Crippen LogP) is 2.30. The highest BCUT2D eigenvalue weighted by atomic mass is 15.5.